The van der Waals surface area contributed by atoms with Crippen molar-refractivity contribution in [1.82, 2.24) is 20.2 Å². The van der Waals surface area contributed by atoms with Gasteiger partial charge in [-0.2, -0.15) is 0 Å². The van der Waals surface area contributed by atoms with Crippen LogP contribution in [0.5, 0.6) is 0 Å². The Bertz CT molecular complexity index is 537. The molecule has 0 spiro atoms. The van der Waals surface area contributed by atoms with Crippen molar-refractivity contribution < 1.29 is 0 Å². The first-order valence-electron chi connectivity index (χ1n) is 5.66. The fraction of sp³-hybridized carbons (Fsp3) is 0.400. The zero-order chi connectivity index (χ0) is 12.4. The summed E-state index contributed by atoms with van der Waals surface area (Å²) in [5.41, 5.74) is 5.58. The van der Waals surface area contributed by atoms with Gasteiger partial charge in [-0.3, -0.25) is 0 Å². The smallest absolute Gasteiger partial charge is 0.203 e. The number of hydrogen-bond acceptors (Lipinski definition) is 8. The third kappa shape index (κ3) is 2.39. The van der Waals surface area contributed by atoms with Gasteiger partial charge in [-0.15, -0.1) is 10.2 Å². The summed E-state index contributed by atoms with van der Waals surface area (Å²) in [5, 5.41) is 9.15. The summed E-state index contributed by atoms with van der Waals surface area (Å²) >= 11 is 2.84. The third-order valence-electron chi connectivity index (χ3n) is 2.66. The molecule has 2 aromatic rings. The minimum atomic E-state index is 0.476. The standard InChI is InChI=1S/C10H12N6S2/c11-9-14-15-10(18-9)17-8-7(12-3-4-13-8)16-5-1-2-6-16/h3-4H,1-2,5-6H2,(H2,11,14). The van der Waals surface area contributed by atoms with E-state index in [4.69, 9.17) is 5.73 Å². The number of nitrogen functional groups attached to an aromatic ring is 1. The Balaban J connectivity index is 1.86. The minimum Gasteiger partial charge on any atom is -0.374 e. The van der Waals surface area contributed by atoms with Crippen LogP contribution in [0.25, 0.3) is 0 Å². The number of rotatable bonds is 3. The molecule has 1 aliphatic heterocycles. The molecule has 0 aliphatic carbocycles. The van der Waals surface area contributed by atoms with Crippen LogP contribution in [0, 0.1) is 0 Å². The van der Waals surface area contributed by atoms with Gasteiger partial charge in [0.25, 0.3) is 0 Å². The van der Waals surface area contributed by atoms with Crippen LogP contribution in [0.4, 0.5) is 10.9 Å². The first-order chi connectivity index (χ1) is 8.83. The Labute approximate surface area is 113 Å². The molecule has 0 saturated carbocycles. The van der Waals surface area contributed by atoms with Crippen LogP contribution in [0.2, 0.25) is 0 Å². The molecule has 0 atom stereocenters. The van der Waals surface area contributed by atoms with Crippen LogP contribution in [0.3, 0.4) is 0 Å². The Morgan fingerprint density at radius 3 is 2.67 bits per heavy atom. The molecule has 0 radical (unpaired) electrons. The summed E-state index contributed by atoms with van der Waals surface area (Å²) in [4.78, 5) is 11.1. The first kappa shape index (κ1) is 11.7. The molecule has 0 unspecified atom stereocenters. The second kappa shape index (κ2) is 5.07. The predicted octanol–water partition coefficient (Wildman–Crippen LogP) is 1.66. The Kier molecular flexibility index (Phi) is 3.28. The molecule has 0 aromatic carbocycles. The molecule has 3 rings (SSSR count). The van der Waals surface area contributed by atoms with E-state index in [0.717, 1.165) is 28.3 Å². The van der Waals surface area contributed by atoms with Crippen molar-refractivity contribution in [3.05, 3.63) is 12.4 Å². The average molecular weight is 280 g/mol. The van der Waals surface area contributed by atoms with Crippen LogP contribution >= 0.6 is 23.1 Å². The summed E-state index contributed by atoms with van der Waals surface area (Å²) < 4.78 is 0.799. The maximum absolute atomic E-state index is 5.58. The van der Waals surface area contributed by atoms with Gasteiger partial charge >= 0.3 is 0 Å². The van der Waals surface area contributed by atoms with E-state index in [1.54, 1.807) is 12.4 Å². The van der Waals surface area contributed by atoms with E-state index in [-0.39, 0.29) is 0 Å². The number of hydrogen-bond donors (Lipinski definition) is 1. The Hall–Kier alpha value is -1.41. The van der Waals surface area contributed by atoms with Crippen molar-refractivity contribution in [3.8, 4) is 0 Å². The fourth-order valence-electron chi connectivity index (χ4n) is 1.88. The fourth-order valence-corrected chi connectivity index (χ4v) is 3.52. The van der Waals surface area contributed by atoms with E-state index in [1.165, 1.54) is 35.9 Å². The van der Waals surface area contributed by atoms with Gasteiger partial charge in [0.2, 0.25) is 5.13 Å². The van der Waals surface area contributed by atoms with Gasteiger partial charge in [0.1, 0.15) is 5.03 Å². The molecule has 0 amide bonds. The summed E-state index contributed by atoms with van der Waals surface area (Å²) in [5.74, 6) is 0.939. The first-order valence-corrected chi connectivity index (χ1v) is 7.29. The van der Waals surface area contributed by atoms with Crippen LogP contribution in [0.15, 0.2) is 21.8 Å². The Morgan fingerprint density at radius 1 is 1.17 bits per heavy atom. The van der Waals surface area contributed by atoms with Crippen molar-refractivity contribution in [1.29, 1.82) is 0 Å². The lowest BCUT2D eigenvalue weighted by molar-refractivity contribution is 0.885. The van der Waals surface area contributed by atoms with Crippen LogP contribution in [-0.2, 0) is 0 Å². The summed E-state index contributed by atoms with van der Waals surface area (Å²) in [6, 6.07) is 0. The van der Waals surface area contributed by atoms with E-state index in [9.17, 15) is 0 Å². The van der Waals surface area contributed by atoms with E-state index >= 15 is 0 Å². The van der Waals surface area contributed by atoms with Gasteiger partial charge in [0.05, 0.1) is 0 Å². The lowest BCUT2D eigenvalue weighted by Gasteiger charge is -2.17. The monoisotopic (exact) mass is 280 g/mol. The van der Waals surface area contributed by atoms with E-state index in [0.29, 0.717) is 5.13 Å². The lowest BCUT2D eigenvalue weighted by atomic mass is 10.4. The molecule has 18 heavy (non-hydrogen) atoms. The molecule has 2 N–H and O–H groups in total. The number of nitrogens with two attached hydrogens (primary N) is 1. The number of nitrogens with zero attached hydrogens (tertiary/aromatic N) is 5. The van der Waals surface area contributed by atoms with Crippen LogP contribution in [-0.4, -0.2) is 33.3 Å². The zero-order valence-electron chi connectivity index (χ0n) is 9.61. The second-order valence-corrected chi connectivity index (χ2v) is 6.13. The lowest BCUT2D eigenvalue weighted by Crippen LogP contribution is -2.20. The highest BCUT2D eigenvalue weighted by Gasteiger charge is 2.19. The quantitative estimate of drug-likeness (QED) is 0.915. The summed E-state index contributed by atoms with van der Waals surface area (Å²) in [6.07, 6.45) is 5.86. The van der Waals surface area contributed by atoms with Crippen molar-refractivity contribution >= 4 is 34.0 Å². The summed E-state index contributed by atoms with van der Waals surface area (Å²) in [7, 11) is 0. The highest BCUT2D eigenvalue weighted by molar-refractivity contribution is 8.01. The van der Waals surface area contributed by atoms with Crippen LogP contribution in [0.1, 0.15) is 12.8 Å². The van der Waals surface area contributed by atoms with Crippen molar-refractivity contribution in [2.24, 2.45) is 0 Å². The molecule has 94 valence electrons. The molecule has 1 saturated heterocycles. The normalized spacial score (nSPS) is 15.2. The number of aromatic nitrogens is 4. The molecule has 2 aromatic heterocycles. The van der Waals surface area contributed by atoms with Gasteiger partial charge in [-0.25, -0.2) is 9.97 Å². The van der Waals surface area contributed by atoms with Gasteiger partial charge in [-0.1, -0.05) is 11.3 Å². The molecule has 3 heterocycles. The van der Waals surface area contributed by atoms with Crippen molar-refractivity contribution in [2.75, 3.05) is 23.7 Å². The molecular formula is C10H12N6S2. The van der Waals surface area contributed by atoms with E-state index in [2.05, 4.69) is 25.1 Å². The maximum atomic E-state index is 5.58. The molecule has 0 bridgehead atoms. The Morgan fingerprint density at radius 2 is 1.94 bits per heavy atom. The average Bonchev–Trinajstić information content (AvgIpc) is 3.02. The van der Waals surface area contributed by atoms with E-state index < -0.39 is 0 Å². The van der Waals surface area contributed by atoms with Crippen molar-refractivity contribution in [2.45, 2.75) is 22.2 Å². The third-order valence-corrected chi connectivity index (χ3v) is 4.44. The number of anilines is 2. The zero-order valence-corrected chi connectivity index (χ0v) is 11.2. The predicted molar refractivity (Wildman–Crippen MR) is 71.9 cm³/mol. The molecule has 1 aliphatic rings. The highest BCUT2D eigenvalue weighted by Crippen LogP contribution is 2.35. The second-order valence-electron chi connectivity index (χ2n) is 3.89. The van der Waals surface area contributed by atoms with Crippen molar-refractivity contribution in [3.63, 3.8) is 0 Å². The van der Waals surface area contributed by atoms with E-state index in [1.807, 2.05) is 0 Å². The van der Waals surface area contributed by atoms with Gasteiger partial charge < -0.3 is 10.6 Å². The SMILES string of the molecule is Nc1nnc(Sc2nccnc2N2CCCC2)s1. The molecule has 1 fully saturated rings. The highest BCUT2D eigenvalue weighted by atomic mass is 32.2. The van der Waals surface area contributed by atoms with Crippen LogP contribution < -0.4 is 10.6 Å². The minimum absolute atomic E-state index is 0.476. The van der Waals surface area contributed by atoms with Gasteiger partial charge in [0, 0.05) is 25.5 Å². The van der Waals surface area contributed by atoms with Gasteiger partial charge in [0.15, 0.2) is 10.2 Å². The molecule has 8 heteroatoms. The largest absolute Gasteiger partial charge is 0.374 e. The topological polar surface area (TPSA) is 80.8 Å². The maximum Gasteiger partial charge on any atom is 0.203 e. The molecule has 6 nitrogen and oxygen atoms in total. The van der Waals surface area contributed by atoms with Gasteiger partial charge in [-0.05, 0) is 24.6 Å². The summed E-state index contributed by atoms with van der Waals surface area (Å²) in [6.45, 7) is 2.09. The molecular weight excluding hydrogens is 268 g/mol.